The highest BCUT2D eigenvalue weighted by atomic mass is 35.5. The number of hydrogen-bond donors (Lipinski definition) is 1. The standard InChI is InChI=1S/C16H21ClN2O/c17-15-7-11(8-18-12-2-3-12)1-6-16(15)19-9-13-4-5-14(10-19)20-13/h1,6-7,12-14,18H,2-5,8-10H2. The molecule has 2 unspecified atom stereocenters. The van der Waals surface area contributed by atoms with Gasteiger partial charge in [0.2, 0.25) is 0 Å². The molecule has 1 saturated carbocycles. The molecule has 2 aliphatic heterocycles. The number of nitrogens with zero attached hydrogens (tertiary/aromatic N) is 1. The van der Waals surface area contributed by atoms with Crippen molar-refractivity contribution in [3.63, 3.8) is 0 Å². The molecule has 2 heterocycles. The fourth-order valence-corrected chi connectivity index (χ4v) is 3.60. The minimum Gasteiger partial charge on any atom is -0.371 e. The lowest BCUT2D eigenvalue weighted by atomic mass is 10.1. The molecular weight excluding hydrogens is 272 g/mol. The molecule has 0 radical (unpaired) electrons. The highest BCUT2D eigenvalue weighted by Crippen LogP contribution is 2.34. The van der Waals surface area contributed by atoms with E-state index in [1.807, 2.05) is 0 Å². The van der Waals surface area contributed by atoms with Crippen LogP contribution in [0.15, 0.2) is 18.2 Å². The lowest BCUT2D eigenvalue weighted by Crippen LogP contribution is -2.42. The highest BCUT2D eigenvalue weighted by Gasteiger charge is 2.34. The molecule has 0 spiro atoms. The second kappa shape index (κ2) is 5.21. The molecular formula is C16H21ClN2O. The van der Waals surface area contributed by atoms with Gasteiger partial charge in [-0.15, -0.1) is 0 Å². The summed E-state index contributed by atoms with van der Waals surface area (Å²) in [6.07, 6.45) is 5.84. The SMILES string of the molecule is Clc1cc(CNC2CC2)ccc1N1CC2CCC(C1)O2. The van der Waals surface area contributed by atoms with Gasteiger partial charge in [0.15, 0.2) is 0 Å². The summed E-state index contributed by atoms with van der Waals surface area (Å²) < 4.78 is 5.89. The third-order valence-electron chi connectivity index (χ3n) is 4.57. The van der Waals surface area contributed by atoms with Crippen molar-refractivity contribution >= 4 is 17.3 Å². The smallest absolute Gasteiger partial charge is 0.0755 e. The van der Waals surface area contributed by atoms with Gasteiger partial charge in [0.05, 0.1) is 22.9 Å². The highest BCUT2D eigenvalue weighted by molar-refractivity contribution is 6.33. The first kappa shape index (κ1) is 12.9. The summed E-state index contributed by atoms with van der Waals surface area (Å²) >= 11 is 6.50. The Kier molecular flexibility index (Phi) is 3.37. The number of fused-ring (bicyclic) bond motifs is 2. The van der Waals surface area contributed by atoms with Crippen molar-refractivity contribution in [2.75, 3.05) is 18.0 Å². The van der Waals surface area contributed by atoms with Gasteiger partial charge in [-0.2, -0.15) is 0 Å². The molecule has 0 aromatic heterocycles. The van der Waals surface area contributed by atoms with Gasteiger partial charge in [0.1, 0.15) is 0 Å². The van der Waals surface area contributed by atoms with E-state index in [9.17, 15) is 0 Å². The van der Waals surface area contributed by atoms with E-state index in [0.29, 0.717) is 12.2 Å². The summed E-state index contributed by atoms with van der Waals surface area (Å²) in [6.45, 7) is 2.89. The molecule has 3 fully saturated rings. The Bertz CT molecular complexity index is 491. The van der Waals surface area contributed by atoms with Crippen molar-refractivity contribution < 1.29 is 4.74 Å². The van der Waals surface area contributed by atoms with E-state index >= 15 is 0 Å². The lowest BCUT2D eigenvalue weighted by molar-refractivity contribution is 0.0305. The number of halogens is 1. The number of morpholine rings is 1. The van der Waals surface area contributed by atoms with Crippen LogP contribution in [0.4, 0.5) is 5.69 Å². The number of anilines is 1. The molecule has 2 bridgehead atoms. The van der Waals surface area contributed by atoms with Crippen LogP contribution >= 0.6 is 11.6 Å². The summed E-state index contributed by atoms with van der Waals surface area (Å²) in [5.41, 5.74) is 2.45. The molecule has 4 heteroatoms. The van der Waals surface area contributed by atoms with Crippen LogP contribution in [0.2, 0.25) is 5.02 Å². The van der Waals surface area contributed by atoms with Crippen molar-refractivity contribution in [3.05, 3.63) is 28.8 Å². The summed E-state index contributed by atoms with van der Waals surface area (Å²) in [5, 5.41) is 4.41. The Morgan fingerprint density at radius 1 is 1.15 bits per heavy atom. The fourth-order valence-electron chi connectivity index (χ4n) is 3.28. The van der Waals surface area contributed by atoms with Crippen molar-refractivity contribution in [2.45, 2.75) is 50.5 Å². The Morgan fingerprint density at radius 2 is 1.90 bits per heavy atom. The van der Waals surface area contributed by atoms with Gasteiger partial charge in [0.25, 0.3) is 0 Å². The molecule has 1 aromatic carbocycles. The third-order valence-corrected chi connectivity index (χ3v) is 4.87. The molecule has 1 aliphatic carbocycles. The first-order valence-electron chi connectivity index (χ1n) is 7.70. The van der Waals surface area contributed by atoms with E-state index in [0.717, 1.165) is 30.7 Å². The van der Waals surface area contributed by atoms with Gasteiger partial charge in [-0.05, 0) is 43.4 Å². The van der Waals surface area contributed by atoms with E-state index in [4.69, 9.17) is 16.3 Å². The molecule has 20 heavy (non-hydrogen) atoms. The number of nitrogens with one attached hydrogen (secondary N) is 1. The van der Waals surface area contributed by atoms with Crippen LogP contribution in [0.25, 0.3) is 0 Å². The van der Waals surface area contributed by atoms with E-state index in [1.54, 1.807) is 0 Å². The van der Waals surface area contributed by atoms with Crippen LogP contribution in [-0.4, -0.2) is 31.3 Å². The Balaban J connectivity index is 1.47. The van der Waals surface area contributed by atoms with Crippen LogP contribution in [0.5, 0.6) is 0 Å². The molecule has 4 rings (SSSR count). The lowest BCUT2D eigenvalue weighted by Gasteiger charge is -2.34. The second-order valence-electron chi connectivity index (χ2n) is 6.30. The van der Waals surface area contributed by atoms with Gasteiger partial charge in [-0.1, -0.05) is 17.7 Å². The minimum atomic E-state index is 0.404. The average Bonchev–Trinajstić information content (AvgIpc) is 3.21. The normalized spacial score (nSPS) is 28.9. The first-order chi connectivity index (χ1) is 9.78. The van der Waals surface area contributed by atoms with E-state index in [-0.39, 0.29) is 0 Å². The van der Waals surface area contributed by atoms with Crippen molar-refractivity contribution in [2.24, 2.45) is 0 Å². The van der Waals surface area contributed by atoms with Crippen LogP contribution < -0.4 is 10.2 Å². The molecule has 3 aliphatic rings. The molecule has 3 nitrogen and oxygen atoms in total. The largest absolute Gasteiger partial charge is 0.371 e. The van der Waals surface area contributed by atoms with Gasteiger partial charge >= 0.3 is 0 Å². The molecule has 0 amide bonds. The van der Waals surface area contributed by atoms with Gasteiger partial charge in [0, 0.05) is 25.7 Å². The zero-order valence-corrected chi connectivity index (χ0v) is 12.4. The zero-order chi connectivity index (χ0) is 13.5. The Labute approximate surface area is 125 Å². The molecule has 108 valence electrons. The fraction of sp³-hybridized carbons (Fsp3) is 0.625. The molecule has 2 saturated heterocycles. The monoisotopic (exact) mass is 292 g/mol. The predicted molar refractivity (Wildman–Crippen MR) is 81.4 cm³/mol. The molecule has 2 atom stereocenters. The Morgan fingerprint density at radius 3 is 2.55 bits per heavy atom. The van der Waals surface area contributed by atoms with E-state index in [2.05, 4.69) is 28.4 Å². The van der Waals surface area contributed by atoms with Crippen molar-refractivity contribution in [3.8, 4) is 0 Å². The summed E-state index contributed by atoms with van der Waals surface area (Å²) in [7, 11) is 0. The number of hydrogen-bond acceptors (Lipinski definition) is 3. The number of ether oxygens (including phenoxy) is 1. The van der Waals surface area contributed by atoms with Gasteiger partial charge < -0.3 is 15.0 Å². The van der Waals surface area contributed by atoms with Crippen LogP contribution in [0.1, 0.15) is 31.2 Å². The Hall–Kier alpha value is -0.770. The van der Waals surface area contributed by atoms with Crippen LogP contribution in [0.3, 0.4) is 0 Å². The first-order valence-corrected chi connectivity index (χ1v) is 8.08. The third kappa shape index (κ3) is 2.67. The van der Waals surface area contributed by atoms with Gasteiger partial charge in [-0.3, -0.25) is 0 Å². The predicted octanol–water partition coefficient (Wildman–Crippen LogP) is 2.96. The maximum absolute atomic E-state index is 6.50. The quantitative estimate of drug-likeness (QED) is 0.923. The number of rotatable bonds is 4. The maximum atomic E-state index is 6.50. The maximum Gasteiger partial charge on any atom is 0.0755 e. The average molecular weight is 293 g/mol. The zero-order valence-electron chi connectivity index (χ0n) is 11.6. The van der Waals surface area contributed by atoms with Crippen LogP contribution in [0, 0.1) is 0 Å². The van der Waals surface area contributed by atoms with Crippen molar-refractivity contribution in [1.29, 1.82) is 0 Å². The topological polar surface area (TPSA) is 24.5 Å². The minimum absolute atomic E-state index is 0.404. The number of benzene rings is 1. The summed E-state index contributed by atoms with van der Waals surface area (Å²) in [5.74, 6) is 0. The van der Waals surface area contributed by atoms with E-state index < -0.39 is 0 Å². The molecule has 1 aromatic rings. The van der Waals surface area contributed by atoms with E-state index in [1.165, 1.54) is 36.9 Å². The second-order valence-corrected chi connectivity index (χ2v) is 6.71. The molecule has 1 N–H and O–H groups in total. The summed E-state index contributed by atoms with van der Waals surface area (Å²) in [4.78, 5) is 2.40. The van der Waals surface area contributed by atoms with Crippen molar-refractivity contribution in [1.82, 2.24) is 5.32 Å². The summed E-state index contributed by atoms with van der Waals surface area (Å²) in [6, 6.07) is 7.23. The van der Waals surface area contributed by atoms with Gasteiger partial charge in [-0.25, -0.2) is 0 Å². The van der Waals surface area contributed by atoms with Crippen LogP contribution in [-0.2, 0) is 11.3 Å².